The maximum atomic E-state index is 13.4. The Labute approximate surface area is 157 Å². The quantitative estimate of drug-likeness (QED) is 0.745. The van der Waals surface area contributed by atoms with Gasteiger partial charge in [0.2, 0.25) is 5.60 Å². The van der Waals surface area contributed by atoms with Crippen LogP contribution in [0.5, 0.6) is 0 Å². The van der Waals surface area contributed by atoms with E-state index in [2.05, 4.69) is 0 Å². The first kappa shape index (κ1) is 17.5. The summed E-state index contributed by atoms with van der Waals surface area (Å²) in [4.78, 5) is 25.6. The van der Waals surface area contributed by atoms with E-state index in [0.717, 1.165) is 9.87 Å². The standard InChI is InChI=1S/C20H17NO5S/c1-12-8-10-15(11-9-12)27(24,25)21-17-7-5-4-6-16(17)20(19(21)23)14(3)13(2)18(22)26-20/h4-11H,1-3H3. The molecule has 0 bridgehead atoms. The molecule has 27 heavy (non-hydrogen) atoms. The molecule has 6 nitrogen and oxygen atoms in total. The van der Waals surface area contributed by atoms with E-state index < -0.39 is 27.5 Å². The number of nitrogens with zero attached hydrogens (tertiary/aromatic N) is 1. The Morgan fingerprint density at radius 3 is 2.15 bits per heavy atom. The lowest BCUT2D eigenvalue weighted by Crippen LogP contribution is -2.44. The first-order valence-corrected chi connectivity index (χ1v) is 9.82. The molecule has 2 aromatic carbocycles. The van der Waals surface area contributed by atoms with Gasteiger partial charge in [0.15, 0.2) is 0 Å². The van der Waals surface area contributed by atoms with Crippen LogP contribution in [0, 0.1) is 6.92 Å². The Hall–Kier alpha value is -2.93. The zero-order valence-corrected chi connectivity index (χ0v) is 15.8. The minimum absolute atomic E-state index is 0.00372. The molecule has 0 aromatic heterocycles. The predicted octanol–water partition coefficient (Wildman–Crippen LogP) is 2.82. The number of hydrogen-bond donors (Lipinski definition) is 0. The summed E-state index contributed by atoms with van der Waals surface area (Å²) >= 11 is 0. The lowest BCUT2D eigenvalue weighted by molar-refractivity contribution is -0.155. The van der Waals surface area contributed by atoms with Crippen molar-refractivity contribution in [3.63, 3.8) is 0 Å². The lowest BCUT2D eigenvalue weighted by Gasteiger charge is -2.24. The molecule has 0 saturated heterocycles. The summed E-state index contributed by atoms with van der Waals surface area (Å²) in [6.07, 6.45) is 0. The molecular formula is C20H17NO5S. The molecule has 0 N–H and O–H groups in total. The Morgan fingerprint density at radius 2 is 1.56 bits per heavy atom. The Kier molecular flexibility index (Phi) is 3.58. The molecule has 7 heteroatoms. The molecule has 1 atom stereocenters. The van der Waals surface area contributed by atoms with Crippen molar-refractivity contribution in [3.05, 3.63) is 70.8 Å². The van der Waals surface area contributed by atoms with E-state index >= 15 is 0 Å². The number of carbonyl (C=O) groups excluding carboxylic acids is 2. The number of aryl methyl sites for hydroxylation is 1. The van der Waals surface area contributed by atoms with Crippen LogP contribution in [-0.4, -0.2) is 20.3 Å². The minimum atomic E-state index is -4.17. The van der Waals surface area contributed by atoms with Gasteiger partial charge in [-0.15, -0.1) is 0 Å². The number of anilines is 1. The lowest BCUT2D eigenvalue weighted by atomic mass is 9.87. The number of hydrogen-bond acceptors (Lipinski definition) is 5. The average Bonchev–Trinajstić information content (AvgIpc) is 3.03. The molecule has 2 aliphatic heterocycles. The second-order valence-electron chi connectivity index (χ2n) is 6.73. The van der Waals surface area contributed by atoms with Crippen molar-refractivity contribution < 1.29 is 22.7 Å². The molecule has 2 aromatic rings. The molecule has 0 radical (unpaired) electrons. The van der Waals surface area contributed by atoms with Crippen LogP contribution < -0.4 is 4.31 Å². The van der Waals surface area contributed by atoms with E-state index in [4.69, 9.17) is 4.74 Å². The maximum Gasteiger partial charge on any atom is 0.335 e. The molecule has 2 aliphatic rings. The molecule has 0 saturated carbocycles. The zero-order valence-electron chi connectivity index (χ0n) is 15.0. The van der Waals surface area contributed by atoms with Crippen molar-refractivity contribution in [3.8, 4) is 0 Å². The van der Waals surface area contributed by atoms with Gasteiger partial charge >= 0.3 is 5.97 Å². The highest BCUT2D eigenvalue weighted by atomic mass is 32.2. The van der Waals surface area contributed by atoms with E-state index in [0.29, 0.717) is 16.7 Å². The number of ether oxygens (including phenoxy) is 1. The highest BCUT2D eigenvalue weighted by Crippen LogP contribution is 2.52. The summed E-state index contributed by atoms with van der Waals surface area (Å²) in [6.45, 7) is 5.03. The molecule has 2 heterocycles. The minimum Gasteiger partial charge on any atom is -0.436 e. The number of benzene rings is 2. The third-order valence-corrected chi connectivity index (χ3v) is 6.90. The van der Waals surface area contributed by atoms with Crippen molar-refractivity contribution in [2.24, 2.45) is 0 Å². The SMILES string of the molecule is CC1=C(C)C2(OC1=O)C(=O)N(S(=O)(=O)c1ccc(C)cc1)c1ccccc12. The van der Waals surface area contributed by atoms with Crippen molar-refractivity contribution in [2.75, 3.05) is 4.31 Å². The molecule has 1 unspecified atom stereocenters. The summed E-state index contributed by atoms with van der Waals surface area (Å²) < 4.78 is 32.8. The second-order valence-corrected chi connectivity index (χ2v) is 8.51. The number of carbonyl (C=O) groups is 2. The maximum absolute atomic E-state index is 13.4. The molecule has 0 fully saturated rings. The first-order chi connectivity index (χ1) is 12.7. The van der Waals surface area contributed by atoms with Gasteiger partial charge in [-0.05, 0) is 44.5 Å². The first-order valence-electron chi connectivity index (χ1n) is 8.38. The molecular weight excluding hydrogens is 366 g/mol. The van der Waals surface area contributed by atoms with Gasteiger partial charge in [0.05, 0.1) is 10.6 Å². The van der Waals surface area contributed by atoms with Gasteiger partial charge < -0.3 is 4.74 Å². The Morgan fingerprint density at radius 1 is 0.926 bits per heavy atom. The van der Waals surface area contributed by atoms with E-state index in [-0.39, 0.29) is 10.6 Å². The highest BCUT2D eigenvalue weighted by Gasteiger charge is 2.62. The smallest absolute Gasteiger partial charge is 0.335 e. The van der Waals surface area contributed by atoms with Gasteiger partial charge in [-0.2, -0.15) is 4.31 Å². The van der Waals surface area contributed by atoms with Crippen molar-refractivity contribution in [1.82, 2.24) is 0 Å². The van der Waals surface area contributed by atoms with Gasteiger partial charge in [0.25, 0.3) is 15.9 Å². The largest absolute Gasteiger partial charge is 0.436 e. The van der Waals surface area contributed by atoms with Crippen LogP contribution in [0.15, 0.2) is 64.6 Å². The van der Waals surface area contributed by atoms with E-state index in [9.17, 15) is 18.0 Å². The fourth-order valence-corrected chi connectivity index (χ4v) is 5.00. The topological polar surface area (TPSA) is 80.8 Å². The average molecular weight is 383 g/mol. The number of rotatable bonds is 2. The summed E-state index contributed by atoms with van der Waals surface area (Å²) in [7, 11) is -4.17. The van der Waals surface area contributed by atoms with Gasteiger partial charge in [0, 0.05) is 11.1 Å². The molecule has 138 valence electrons. The van der Waals surface area contributed by atoms with Crippen LogP contribution in [0.2, 0.25) is 0 Å². The Bertz CT molecular complexity index is 1130. The van der Waals surface area contributed by atoms with Crippen LogP contribution in [-0.2, 0) is 30.0 Å². The second kappa shape index (κ2) is 5.53. The molecule has 1 amide bonds. The predicted molar refractivity (Wildman–Crippen MR) is 98.4 cm³/mol. The van der Waals surface area contributed by atoms with E-state index in [1.807, 2.05) is 6.92 Å². The summed E-state index contributed by atoms with van der Waals surface area (Å²) in [6, 6.07) is 12.7. The van der Waals surface area contributed by atoms with Crippen LogP contribution in [0.4, 0.5) is 5.69 Å². The van der Waals surface area contributed by atoms with Crippen molar-refractivity contribution in [1.29, 1.82) is 0 Å². The number of fused-ring (bicyclic) bond motifs is 2. The van der Waals surface area contributed by atoms with Gasteiger partial charge in [-0.3, -0.25) is 4.79 Å². The van der Waals surface area contributed by atoms with E-state index in [1.165, 1.54) is 12.1 Å². The van der Waals surface area contributed by atoms with Crippen LogP contribution >= 0.6 is 0 Å². The third-order valence-electron chi connectivity index (χ3n) is 5.19. The zero-order chi connectivity index (χ0) is 19.6. The molecule has 1 spiro atoms. The van der Waals surface area contributed by atoms with E-state index in [1.54, 1.807) is 50.2 Å². The van der Waals surface area contributed by atoms with Crippen LogP contribution in [0.3, 0.4) is 0 Å². The van der Waals surface area contributed by atoms with Gasteiger partial charge in [-0.25, -0.2) is 13.2 Å². The monoisotopic (exact) mass is 383 g/mol. The molecule has 4 rings (SSSR count). The number of esters is 1. The van der Waals surface area contributed by atoms with Crippen LogP contribution in [0.1, 0.15) is 25.0 Å². The normalized spacial score (nSPS) is 21.8. The van der Waals surface area contributed by atoms with Crippen LogP contribution in [0.25, 0.3) is 0 Å². The summed E-state index contributed by atoms with van der Waals surface area (Å²) in [5.41, 5.74) is 0.450. The van der Waals surface area contributed by atoms with Gasteiger partial charge in [0.1, 0.15) is 0 Å². The van der Waals surface area contributed by atoms with Gasteiger partial charge in [-0.1, -0.05) is 35.9 Å². The summed E-state index contributed by atoms with van der Waals surface area (Å²) in [5.74, 6) is -1.42. The number of sulfonamides is 1. The highest BCUT2D eigenvalue weighted by molar-refractivity contribution is 7.93. The third kappa shape index (κ3) is 2.15. The number of para-hydroxylation sites is 1. The van der Waals surface area contributed by atoms with Crippen molar-refractivity contribution in [2.45, 2.75) is 31.3 Å². The Balaban J connectivity index is 1.96. The molecule has 0 aliphatic carbocycles. The van der Waals surface area contributed by atoms with Crippen molar-refractivity contribution >= 4 is 27.6 Å². The fourth-order valence-electron chi connectivity index (χ4n) is 3.54. The number of amides is 1. The fraction of sp³-hybridized carbons (Fsp3) is 0.200. The summed E-state index contributed by atoms with van der Waals surface area (Å²) in [5, 5.41) is 0.